The number of imidazole rings is 1. The summed E-state index contributed by atoms with van der Waals surface area (Å²) in [6.45, 7) is 1.48. The molecule has 5 heteroatoms. The van der Waals surface area contributed by atoms with E-state index in [0.717, 1.165) is 23.5 Å². The van der Waals surface area contributed by atoms with Gasteiger partial charge in [0.15, 0.2) is 0 Å². The Labute approximate surface area is 110 Å². The Kier molecular flexibility index (Phi) is 2.91. The highest BCUT2D eigenvalue weighted by molar-refractivity contribution is 7.10. The van der Waals surface area contributed by atoms with Gasteiger partial charge in [-0.2, -0.15) is 0 Å². The second-order valence-electron chi connectivity index (χ2n) is 4.57. The second-order valence-corrected chi connectivity index (χ2v) is 5.60. The van der Waals surface area contributed by atoms with Gasteiger partial charge in [0.25, 0.3) is 0 Å². The molecule has 0 saturated carbocycles. The zero-order valence-corrected chi connectivity index (χ0v) is 11.1. The van der Waals surface area contributed by atoms with Crippen molar-refractivity contribution >= 4 is 17.2 Å². The molecule has 1 aliphatic heterocycles. The lowest BCUT2D eigenvalue weighted by Gasteiger charge is -2.27. The Balaban J connectivity index is 1.72. The number of aromatic nitrogens is 2. The minimum Gasteiger partial charge on any atom is -0.336 e. The SMILES string of the molecule is Cn1cnc2c1CN(C(=O)Cc1cccs1)CC2. The molecule has 0 radical (unpaired) electrons. The molecular formula is C13H15N3OS. The first-order valence-corrected chi connectivity index (χ1v) is 6.91. The number of hydrogen-bond acceptors (Lipinski definition) is 3. The minimum absolute atomic E-state index is 0.212. The van der Waals surface area contributed by atoms with Crippen molar-refractivity contribution in [2.24, 2.45) is 7.05 Å². The van der Waals surface area contributed by atoms with Crippen LogP contribution in [0.2, 0.25) is 0 Å². The Morgan fingerprint density at radius 3 is 3.22 bits per heavy atom. The van der Waals surface area contributed by atoms with Crippen molar-refractivity contribution in [2.75, 3.05) is 6.54 Å². The van der Waals surface area contributed by atoms with Crippen molar-refractivity contribution in [3.05, 3.63) is 40.1 Å². The maximum atomic E-state index is 12.2. The molecule has 2 aromatic rings. The molecule has 0 atom stereocenters. The van der Waals surface area contributed by atoms with Crippen LogP contribution in [0, 0.1) is 0 Å². The normalized spacial score (nSPS) is 14.6. The standard InChI is InChI=1S/C13H15N3OS/c1-15-9-14-11-4-5-16(8-12(11)15)13(17)7-10-3-2-6-18-10/h2-3,6,9H,4-5,7-8H2,1H3. The predicted octanol–water partition coefficient (Wildman–Crippen LogP) is 1.61. The van der Waals surface area contributed by atoms with Gasteiger partial charge in [0, 0.05) is 24.9 Å². The Morgan fingerprint density at radius 1 is 1.56 bits per heavy atom. The van der Waals surface area contributed by atoms with Crippen LogP contribution in [-0.4, -0.2) is 26.9 Å². The summed E-state index contributed by atoms with van der Waals surface area (Å²) in [5.74, 6) is 0.212. The second kappa shape index (κ2) is 4.57. The van der Waals surface area contributed by atoms with Crippen molar-refractivity contribution in [3.63, 3.8) is 0 Å². The number of thiophene rings is 1. The first kappa shape index (κ1) is 11.5. The molecule has 94 valence electrons. The van der Waals surface area contributed by atoms with Crippen LogP contribution in [0.25, 0.3) is 0 Å². The van der Waals surface area contributed by atoms with E-state index < -0.39 is 0 Å². The van der Waals surface area contributed by atoms with Crippen molar-refractivity contribution in [3.8, 4) is 0 Å². The van der Waals surface area contributed by atoms with Gasteiger partial charge in [0.1, 0.15) is 0 Å². The largest absolute Gasteiger partial charge is 0.336 e. The van der Waals surface area contributed by atoms with Gasteiger partial charge in [-0.1, -0.05) is 6.07 Å². The van der Waals surface area contributed by atoms with E-state index in [1.54, 1.807) is 11.3 Å². The highest BCUT2D eigenvalue weighted by atomic mass is 32.1. The first-order chi connectivity index (χ1) is 8.74. The Morgan fingerprint density at radius 2 is 2.44 bits per heavy atom. The van der Waals surface area contributed by atoms with E-state index in [-0.39, 0.29) is 5.91 Å². The van der Waals surface area contributed by atoms with Gasteiger partial charge >= 0.3 is 0 Å². The van der Waals surface area contributed by atoms with Gasteiger partial charge in [0.2, 0.25) is 5.91 Å². The smallest absolute Gasteiger partial charge is 0.228 e. The van der Waals surface area contributed by atoms with Gasteiger partial charge in [-0.05, 0) is 11.4 Å². The maximum absolute atomic E-state index is 12.2. The number of carbonyl (C=O) groups is 1. The topological polar surface area (TPSA) is 38.1 Å². The minimum atomic E-state index is 0.212. The fraction of sp³-hybridized carbons (Fsp3) is 0.385. The highest BCUT2D eigenvalue weighted by Crippen LogP contribution is 2.18. The van der Waals surface area contributed by atoms with E-state index in [1.807, 2.05) is 40.4 Å². The monoisotopic (exact) mass is 261 g/mol. The van der Waals surface area contributed by atoms with E-state index in [0.29, 0.717) is 13.0 Å². The molecule has 0 aliphatic carbocycles. The van der Waals surface area contributed by atoms with E-state index in [9.17, 15) is 4.79 Å². The average Bonchev–Trinajstić information content (AvgIpc) is 3.00. The molecule has 3 rings (SSSR count). The van der Waals surface area contributed by atoms with Crippen LogP contribution < -0.4 is 0 Å². The third-order valence-corrected chi connectivity index (χ3v) is 4.24. The third-order valence-electron chi connectivity index (χ3n) is 3.36. The number of fused-ring (bicyclic) bond motifs is 1. The third kappa shape index (κ3) is 2.06. The summed E-state index contributed by atoms with van der Waals surface area (Å²) in [6.07, 6.45) is 3.22. The van der Waals surface area contributed by atoms with E-state index in [1.165, 1.54) is 5.69 Å². The fourth-order valence-corrected chi connectivity index (χ4v) is 3.00. The van der Waals surface area contributed by atoms with Crippen molar-refractivity contribution < 1.29 is 4.79 Å². The Hall–Kier alpha value is -1.62. The van der Waals surface area contributed by atoms with Crippen LogP contribution in [0.4, 0.5) is 0 Å². The van der Waals surface area contributed by atoms with Gasteiger partial charge < -0.3 is 9.47 Å². The molecule has 1 amide bonds. The van der Waals surface area contributed by atoms with Gasteiger partial charge in [-0.15, -0.1) is 11.3 Å². The molecule has 0 N–H and O–H groups in total. The maximum Gasteiger partial charge on any atom is 0.228 e. The summed E-state index contributed by atoms with van der Waals surface area (Å²) in [5.41, 5.74) is 2.30. The lowest BCUT2D eigenvalue weighted by atomic mass is 10.1. The van der Waals surface area contributed by atoms with E-state index >= 15 is 0 Å². The number of rotatable bonds is 2. The van der Waals surface area contributed by atoms with Crippen LogP contribution in [-0.2, 0) is 31.2 Å². The molecule has 0 fully saturated rings. The lowest BCUT2D eigenvalue weighted by molar-refractivity contribution is -0.131. The average molecular weight is 261 g/mol. The number of aryl methyl sites for hydroxylation is 1. The summed E-state index contributed by atoms with van der Waals surface area (Å²) in [7, 11) is 1.99. The zero-order valence-electron chi connectivity index (χ0n) is 10.3. The summed E-state index contributed by atoms with van der Waals surface area (Å²) >= 11 is 1.64. The fourth-order valence-electron chi connectivity index (χ4n) is 2.30. The summed E-state index contributed by atoms with van der Waals surface area (Å²) in [6, 6.07) is 4.00. The quantitative estimate of drug-likeness (QED) is 0.823. The molecule has 0 unspecified atom stereocenters. The van der Waals surface area contributed by atoms with Gasteiger partial charge in [-0.3, -0.25) is 4.79 Å². The number of nitrogens with zero attached hydrogens (tertiary/aromatic N) is 3. The molecule has 0 aromatic carbocycles. The van der Waals surface area contributed by atoms with E-state index in [4.69, 9.17) is 0 Å². The summed E-state index contributed by atoms with van der Waals surface area (Å²) < 4.78 is 2.01. The van der Waals surface area contributed by atoms with E-state index in [2.05, 4.69) is 4.98 Å². The Bertz CT molecular complexity index is 559. The number of carbonyl (C=O) groups excluding carboxylic acids is 1. The van der Waals surface area contributed by atoms with Crippen LogP contribution in [0.1, 0.15) is 16.3 Å². The highest BCUT2D eigenvalue weighted by Gasteiger charge is 2.23. The molecule has 0 saturated heterocycles. The van der Waals surface area contributed by atoms with Crippen LogP contribution in [0.5, 0.6) is 0 Å². The van der Waals surface area contributed by atoms with Crippen LogP contribution in [0.3, 0.4) is 0 Å². The molecule has 2 aromatic heterocycles. The summed E-state index contributed by atoms with van der Waals surface area (Å²) in [4.78, 5) is 19.6. The molecular weight excluding hydrogens is 246 g/mol. The molecule has 4 nitrogen and oxygen atoms in total. The molecule has 18 heavy (non-hydrogen) atoms. The van der Waals surface area contributed by atoms with Crippen molar-refractivity contribution in [2.45, 2.75) is 19.4 Å². The zero-order chi connectivity index (χ0) is 12.5. The van der Waals surface area contributed by atoms with Crippen LogP contribution >= 0.6 is 11.3 Å². The molecule has 1 aliphatic rings. The predicted molar refractivity (Wildman–Crippen MR) is 70.4 cm³/mol. The molecule has 0 spiro atoms. The summed E-state index contributed by atoms with van der Waals surface area (Å²) in [5, 5.41) is 2.01. The first-order valence-electron chi connectivity index (χ1n) is 6.03. The van der Waals surface area contributed by atoms with Crippen molar-refractivity contribution in [1.29, 1.82) is 0 Å². The van der Waals surface area contributed by atoms with Gasteiger partial charge in [-0.25, -0.2) is 4.98 Å². The number of hydrogen-bond donors (Lipinski definition) is 0. The van der Waals surface area contributed by atoms with Crippen LogP contribution in [0.15, 0.2) is 23.8 Å². The lowest BCUT2D eigenvalue weighted by Crippen LogP contribution is -2.37. The van der Waals surface area contributed by atoms with Gasteiger partial charge in [0.05, 0.1) is 30.7 Å². The number of amides is 1. The van der Waals surface area contributed by atoms with Crippen molar-refractivity contribution in [1.82, 2.24) is 14.5 Å². The molecule has 0 bridgehead atoms. The molecule has 3 heterocycles.